The fourth-order valence-corrected chi connectivity index (χ4v) is 1.14. The molecule has 1 aromatic rings. The molecule has 0 spiro atoms. The van der Waals surface area contributed by atoms with Crippen LogP contribution in [0.25, 0.3) is 0 Å². The summed E-state index contributed by atoms with van der Waals surface area (Å²) in [6, 6.07) is -0.603. The first-order valence-electron chi connectivity index (χ1n) is 4.55. The summed E-state index contributed by atoms with van der Waals surface area (Å²) in [5.41, 5.74) is 6.53. The summed E-state index contributed by atoms with van der Waals surface area (Å²) in [5, 5.41) is 3.97. The van der Waals surface area contributed by atoms with E-state index in [2.05, 4.69) is 5.10 Å². The van der Waals surface area contributed by atoms with E-state index in [1.54, 1.807) is 36.1 Å². The highest BCUT2D eigenvalue weighted by molar-refractivity contribution is 5.82. The maximum absolute atomic E-state index is 11.6. The van der Waals surface area contributed by atoms with Gasteiger partial charge in [-0.15, -0.1) is 0 Å². The van der Waals surface area contributed by atoms with Crippen molar-refractivity contribution >= 4 is 5.91 Å². The van der Waals surface area contributed by atoms with Crippen LogP contribution in [0, 0.1) is 0 Å². The topological polar surface area (TPSA) is 64.2 Å². The number of hydrogen-bond acceptors (Lipinski definition) is 3. The summed E-state index contributed by atoms with van der Waals surface area (Å²) in [4.78, 5) is 13.2. The Labute approximate surface area is 83.5 Å². The molecule has 0 aliphatic rings. The Kier molecular flexibility index (Phi) is 3.24. The molecule has 5 nitrogen and oxygen atoms in total. The van der Waals surface area contributed by atoms with E-state index in [0.29, 0.717) is 6.54 Å². The van der Waals surface area contributed by atoms with Gasteiger partial charge in [0.05, 0.1) is 6.20 Å². The molecule has 0 bridgehead atoms. The van der Waals surface area contributed by atoms with Gasteiger partial charge in [0.2, 0.25) is 5.91 Å². The van der Waals surface area contributed by atoms with Gasteiger partial charge in [-0.25, -0.2) is 0 Å². The molecule has 0 saturated carbocycles. The Morgan fingerprint density at radius 3 is 2.86 bits per heavy atom. The quantitative estimate of drug-likeness (QED) is 0.734. The summed E-state index contributed by atoms with van der Waals surface area (Å²) >= 11 is 0. The smallest absolute Gasteiger partial charge is 0.243 e. The zero-order valence-electron chi connectivity index (χ0n) is 8.77. The second kappa shape index (κ2) is 4.23. The summed E-state index contributed by atoms with van der Waals surface area (Å²) in [5.74, 6) is -0.0829. The third-order valence-electron chi connectivity index (χ3n) is 2.20. The fourth-order valence-electron chi connectivity index (χ4n) is 1.14. The molecule has 1 rings (SSSR count). The molecule has 1 unspecified atom stereocenters. The minimum Gasteiger partial charge on any atom is -0.344 e. The first-order valence-corrected chi connectivity index (χ1v) is 4.55. The standard InChI is InChI=1S/C9H16N4O/c1-4-12(2)9(14)8(10)7-5-11-13(3)6-7/h5-6,8H,4,10H2,1-3H3. The first kappa shape index (κ1) is 10.7. The number of rotatable bonds is 3. The zero-order chi connectivity index (χ0) is 10.7. The second-order valence-electron chi connectivity index (χ2n) is 3.28. The summed E-state index contributed by atoms with van der Waals surface area (Å²) in [6.07, 6.45) is 3.37. The van der Waals surface area contributed by atoms with E-state index in [1.807, 2.05) is 6.92 Å². The molecule has 0 aliphatic heterocycles. The van der Waals surface area contributed by atoms with Crippen LogP contribution in [0.1, 0.15) is 18.5 Å². The maximum atomic E-state index is 11.6. The molecule has 0 aromatic carbocycles. The highest BCUT2D eigenvalue weighted by Crippen LogP contribution is 2.10. The number of carbonyl (C=O) groups excluding carboxylic acids is 1. The van der Waals surface area contributed by atoms with Crippen LogP contribution in [0.15, 0.2) is 12.4 Å². The lowest BCUT2D eigenvalue weighted by molar-refractivity contribution is -0.131. The average molecular weight is 196 g/mol. The molecule has 0 radical (unpaired) electrons. The molecule has 1 amide bonds. The highest BCUT2D eigenvalue weighted by Gasteiger charge is 2.19. The number of hydrogen-bond donors (Lipinski definition) is 1. The van der Waals surface area contributed by atoms with Crippen molar-refractivity contribution in [2.75, 3.05) is 13.6 Å². The molecule has 1 heterocycles. The third-order valence-corrected chi connectivity index (χ3v) is 2.20. The molecule has 5 heteroatoms. The lowest BCUT2D eigenvalue weighted by Gasteiger charge is -2.18. The van der Waals surface area contributed by atoms with Crippen molar-refractivity contribution in [1.82, 2.24) is 14.7 Å². The van der Waals surface area contributed by atoms with Gasteiger partial charge in [-0.1, -0.05) is 0 Å². The third kappa shape index (κ3) is 2.11. The van der Waals surface area contributed by atoms with E-state index in [0.717, 1.165) is 5.56 Å². The molecule has 1 atom stereocenters. The van der Waals surface area contributed by atoms with E-state index in [-0.39, 0.29) is 5.91 Å². The molecule has 0 saturated heterocycles. The van der Waals surface area contributed by atoms with Gasteiger partial charge in [0.25, 0.3) is 0 Å². The van der Waals surface area contributed by atoms with E-state index >= 15 is 0 Å². The van der Waals surface area contributed by atoms with Crippen LogP contribution >= 0.6 is 0 Å². The van der Waals surface area contributed by atoms with E-state index in [9.17, 15) is 4.79 Å². The number of likely N-dealkylation sites (N-methyl/N-ethyl adjacent to an activating group) is 1. The number of nitrogens with two attached hydrogens (primary N) is 1. The largest absolute Gasteiger partial charge is 0.344 e. The SMILES string of the molecule is CCN(C)C(=O)C(N)c1cnn(C)c1. The van der Waals surface area contributed by atoms with E-state index < -0.39 is 6.04 Å². The van der Waals surface area contributed by atoms with Gasteiger partial charge in [0, 0.05) is 32.4 Å². The van der Waals surface area contributed by atoms with Crippen molar-refractivity contribution in [3.05, 3.63) is 18.0 Å². The Bertz CT molecular complexity index is 320. The average Bonchev–Trinajstić information content (AvgIpc) is 2.61. The van der Waals surface area contributed by atoms with Crippen LogP contribution in [-0.2, 0) is 11.8 Å². The second-order valence-corrected chi connectivity index (χ2v) is 3.28. The van der Waals surface area contributed by atoms with Gasteiger partial charge in [-0.3, -0.25) is 9.48 Å². The monoisotopic (exact) mass is 196 g/mol. The van der Waals surface area contributed by atoms with Crippen LogP contribution in [0.2, 0.25) is 0 Å². The minimum atomic E-state index is -0.603. The Morgan fingerprint density at radius 2 is 2.43 bits per heavy atom. The molecule has 0 fully saturated rings. The molecular weight excluding hydrogens is 180 g/mol. The molecule has 78 valence electrons. The van der Waals surface area contributed by atoms with Gasteiger partial charge >= 0.3 is 0 Å². The number of carbonyl (C=O) groups is 1. The van der Waals surface area contributed by atoms with Gasteiger partial charge in [-0.2, -0.15) is 5.10 Å². The minimum absolute atomic E-state index is 0.0829. The predicted molar refractivity (Wildman–Crippen MR) is 53.4 cm³/mol. The van der Waals surface area contributed by atoms with E-state index in [4.69, 9.17) is 5.73 Å². The summed E-state index contributed by atoms with van der Waals surface area (Å²) < 4.78 is 1.63. The maximum Gasteiger partial charge on any atom is 0.243 e. The highest BCUT2D eigenvalue weighted by atomic mass is 16.2. The number of amides is 1. The zero-order valence-corrected chi connectivity index (χ0v) is 8.77. The summed E-state index contributed by atoms with van der Waals surface area (Å²) in [7, 11) is 3.53. The molecule has 0 aliphatic carbocycles. The van der Waals surface area contributed by atoms with Gasteiger partial charge < -0.3 is 10.6 Å². The van der Waals surface area contributed by atoms with Gasteiger partial charge in [0.1, 0.15) is 6.04 Å². The van der Waals surface area contributed by atoms with Gasteiger partial charge in [0.15, 0.2) is 0 Å². The molecule has 14 heavy (non-hydrogen) atoms. The first-order chi connectivity index (χ1) is 6.56. The van der Waals surface area contributed by atoms with Crippen molar-refractivity contribution in [3.8, 4) is 0 Å². The van der Waals surface area contributed by atoms with Crippen molar-refractivity contribution in [2.45, 2.75) is 13.0 Å². The van der Waals surface area contributed by atoms with Crippen molar-refractivity contribution in [3.63, 3.8) is 0 Å². The van der Waals surface area contributed by atoms with Crippen LogP contribution in [0.3, 0.4) is 0 Å². The van der Waals surface area contributed by atoms with Gasteiger partial charge in [-0.05, 0) is 6.92 Å². The van der Waals surface area contributed by atoms with Crippen LogP contribution in [-0.4, -0.2) is 34.2 Å². The summed E-state index contributed by atoms with van der Waals surface area (Å²) in [6.45, 7) is 2.57. The van der Waals surface area contributed by atoms with Crippen molar-refractivity contribution in [2.24, 2.45) is 12.8 Å². The number of nitrogens with zero attached hydrogens (tertiary/aromatic N) is 3. The molecule has 2 N–H and O–H groups in total. The molecular formula is C9H16N4O. The fraction of sp³-hybridized carbons (Fsp3) is 0.556. The predicted octanol–water partition coefficient (Wildman–Crippen LogP) is -0.102. The van der Waals surface area contributed by atoms with Crippen LogP contribution in [0.4, 0.5) is 0 Å². The lowest BCUT2D eigenvalue weighted by Crippen LogP contribution is -2.35. The normalized spacial score (nSPS) is 12.6. The van der Waals surface area contributed by atoms with E-state index in [1.165, 1.54) is 0 Å². The van der Waals surface area contributed by atoms with Crippen molar-refractivity contribution < 1.29 is 4.79 Å². The lowest BCUT2D eigenvalue weighted by atomic mass is 10.1. The van der Waals surface area contributed by atoms with Crippen molar-refractivity contribution in [1.29, 1.82) is 0 Å². The Morgan fingerprint density at radius 1 is 1.79 bits per heavy atom. The molecule has 1 aromatic heterocycles. The Hall–Kier alpha value is -1.36. The number of aromatic nitrogens is 2. The van der Waals surface area contributed by atoms with Crippen LogP contribution in [0.5, 0.6) is 0 Å². The van der Waals surface area contributed by atoms with Crippen LogP contribution < -0.4 is 5.73 Å². The Balaban J connectivity index is 2.75. The number of aryl methyl sites for hydroxylation is 1.